The van der Waals surface area contributed by atoms with Crippen LogP contribution in [0.2, 0.25) is 0 Å². The molecular formula is C17H16N2O5. The third-order valence-corrected chi connectivity index (χ3v) is 3.13. The van der Waals surface area contributed by atoms with E-state index < -0.39 is 11.9 Å². The zero-order chi connectivity index (χ0) is 17.7. The zero-order valence-corrected chi connectivity index (χ0v) is 13.2. The Morgan fingerprint density at radius 3 is 2.50 bits per heavy atom. The Morgan fingerprint density at radius 1 is 1.17 bits per heavy atom. The number of hydrogen-bond donors (Lipinski definition) is 2. The third kappa shape index (κ3) is 3.95. The number of carboxylic acid groups (broad SMARTS) is 1. The summed E-state index contributed by atoms with van der Waals surface area (Å²) in [5, 5.41) is 11.5. The molecule has 24 heavy (non-hydrogen) atoms. The van der Waals surface area contributed by atoms with Crippen LogP contribution in [0.4, 0.5) is 5.69 Å². The lowest BCUT2D eigenvalue weighted by molar-refractivity contribution is 0.0690. The van der Waals surface area contributed by atoms with Gasteiger partial charge in [-0.2, -0.15) is 0 Å². The molecule has 1 amide bonds. The fraction of sp³-hybridized carbons (Fsp3) is 0.176. The number of anilines is 1. The highest BCUT2D eigenvalue weighted by Gasteiger charge is 2.15. The van der Waals surface area contributed by atoms with Crippen LogP contribution in [0.15, 0.2) is 36.4 Å². The number of ketones is 1. The average Bonchev–Trinajstić information content (AvgIpc) is 2.56. The molecule has 0 aliphatic carbocycles. The van der Waals surface area contributed by atoms with Gasteiger partial charge in [0.25, 0.3) is 5.91 Å². The van der Waals surface area contributed by atoms with Gasteiger partial charge in [-0.15, -0.1) is 0 Å². The molecule has 0 radical (unpaired) electrons. The van der Waals surface area contributed by atoms with Crippen molar-refractivity contribution in [2.24, 2.45) is 0 Å². The van der Waals surface area contributed by atoms with Crippen LogP contribution in [0.3, 0.4) is 0 Å². The Hall–Kier alpha value is -3.22. The predicted molar refractivity (Wildman–Crippen MR) is 86.8 cm³/mol. The van der Waals surface area contributed by atoms with E-state index in [0.29, 0.717) is 23.6 Å². The number of aromatic carboxylic acids is 1. The van der Waals surface area contributed by atoms with E-state index in [2.05, 4.69) is 10.3 Å². The average molecular weight is 328 g/mol. The summed E-state index contributed by atoms with van der Waals surface area (Å²) < 4.78 is 5.43. The molecular weight excluding hydrogens is 312 g/mol. The van der Waals surface area contributed by atoms with E-state index in [1.54, 1.807) is 19.1 Å². The van der Waals surface area contributed by atoms with Gasteiger partial charge in [0.1, 0.15) is 17.1 Å². The van der Waals surface area contributed by atoms with Crippen molar-refractivity contribution in [3.05, 3.63) is 53.3 Å². The van der Waals surface area contributed by atoms with Crippen LogP contribution in [-0.4, -0.2) is 34.4 Å². The molecule has 0 bridgehead atoms. The van der Waals surface area contributed by atoms with Crippen LogP contribution in [0, 0.1) is 0 Å². The molecule has 2 rings (SSSR count). The maximum Gasteiger partial charge on any atom is 0.354 e. The first-order valence-corrected chi connectivity index (χ1v) is 7.22. The molecule has 1 heterocycles. The third-order valence-electron chi connectivity index (χ3n) is 3.13. The molecule has 0 aliphatic heterocycles. The van der Waals surface area contributed by atoms with E-state index >= 15 is 0 Å². The first-order valence-electron chi connectivity index (χ1n) is 7.22. The summed E-state index contributed by atoms with van der Waals surface area (Å²) in [6, 6.07) is 8.83. The van der Waals surface area contributed by atoms with Crippen molar-refractivity contribution in [3.8, 4) is 5.75 Å². The van der Waals surface area contributed by atoms with E-state index in [9.17, 15) is 14.4 Å². The van der Waals surface area contributed by atoms with Crippen molar-refractivity contribution in [2.45, 2.75) is 13.8 Å². The molecule has 1 aromatic heterocycles. The molecule has 0 spiro atoms. The van der Waals surface area contributed by atoms with E-state index in [1.807, 2.05) is 0 Å². The highest BCUT2D eigenvalue weighted by Crippen LogP contribution is 2.26. The largest absolute Gasteiger partial charge is 0.492 e. The van der Waals surface area contributed by atoms with Crippen molar-refractivity contribution >= 4 is 23.3 Å². The molecule has 2 N–H and O–H groups in total. The van der Waals surface area contributed by atoms with Crippen molar-refractivity contribution < 1.29 is 24.2 Å². The quantitative estimate of drug-likeness (QED) is 0.790. The summed E-state index contributed by atoms with van der Waals surface area (Å²) in [6.45, 7) is 3.59. The number of Topliss-reactive ketones (excluding diaryl/α,β-unsaturated/α-hetero) is 1. The minimum Gasteiger partial charge on any atom is -0.492 e. The summed E-state index contributed by atoms with van der Waals surface area (Å²) in [6.07, 6.45) is 0. The predicted octanol–water partition coefficient (Wildman–Crippen LogP) is 2.63. The van der Waals surface area contributed by atoms with Crippen LogP contribution in [0.25, 0.3) is 0 Å². The fourth-order valence-corrected chi connectivity index (χ4v) is 1.99. The number of nitrogens with one attached hydrogen (secondary N) is 1. The summed E-state index contributed by atoms with van der Waals surface area (Å²) in [4.78, 5) is 38.6. The van der Waals surface area contributed by atoms with Gasteiger partial charge < -0.3 is 15.2 Å². The molecule has 0 unspecified atom stereocenters. The standard InChI is InChI=1S/C17H16N2O5/c1-3-24-15-8-7-11(10(2)20)9-14(15)19-16(21)12-5-4-6-13(18-12)17(22)23/h4-9H,3H2,1-2H3,(H,19,21)(H,22,23). The Kier molecular flexibility index (Phi) is 5.26. The van der Waals surface area contributed by atoms with Gasteiger partial charge in [0, 0.05) is 5.56 Å². The van der Waals surface area contributed by atoms with Gasteiger partial charge in [-0.3, -0.25) is 9.59 Å². The van der Waals surface area contributed by atoms with E-state index in [0.717, 1.165) is 0 Å². The smallest absolute Gasteiger partial charge is 0.354 e. The van der Waals surface area contributed by atoms with E-state index in [1.165, 1.54) is 31.2 Å². The minimum absolute atomic E-state index is 0.0504. The molecule has 124 valence electrons. The first-order chi connectivity index (χ1) is 11.4. The number of hydrogen-bond acceptors (Lipinski definition) is 5. The lowest BCUT2D eigenvalue weighted by Gasteiger charge is -2.12. The molecule has 2 aromatic rings. The number of ether oxygens (including phenoxy) is 1. The monoisotopic (exact) mass is 328 g/mol. The van der Waals surface area contributed by atoms with Gasteiger partial charge in [0.15, 0.2) is 5.78 Å². The van der Waals surface area contributed by atoms with Crippen LogP contribution >= 0.6 is 0 Å². The number of carboxylic acids is 1. The highest BCUT2D eigenvalue weighted by molar-refractivity contribution is 6.05. The number of benzene rings is 1. The van der Waals surface area contributed by atoms with Gasteiger partial charge in [-0.25, -0.2) is 9.78 Å². The Bertz CT molecular complexity index is 801. The molecule has 0 saturated carbocycles. The number of amides is 1. The number of nitrogens with zero attached hydrogens (tertiary/aromatic N) is 1. The topological polar surface area (TPSA) is 106 Å². The molecule has 1 aromatic carbocycles. The highest BCUT2D eigenvalue weighted by atomic mass is 16.5. The van der Waals surface area contributed by atoms with Gasteiger partial charge >= 0.3 is 5.97 Å². The SMILES string of the molecule is CCOc1ccc(C(C)=O)cc1NC(=O)c1cccc(C(=O)O)n1. The Balaban J connectivity index is 2.33. The fourth-order valence-electron chi connectivity index (χ4n) is 1.99. The summed E-state index contributed by atoms with van der Waals surface area (Å²) in [5.41, 5.74) is 0.453. The molecule has 7 heteroatoms. The van der Waals surface area contributed by atoms with Crippen molar-refractivity contribution in [3.63, 3.8) is 0 Å². The van der Waals surface area contributed by atoms with Gasteiger partial charge in [0.2, 0.25) is 0 Å². The molecule has 0 atom stereocenters. The second-order valence-corrected chi connectivity index (χ2v) is 4.87. The minimum atomic E-state index is -1.22. The van der Waals surface area contributed by atoms with Crippen molar-refractivity contribution in [2.75, 3.05) is 11.9 Å². The number of rotatable bonds is 6. The molecule has 0 fully saturated rings. The van der Waals surface area contributed by atoms with Crippen molar-refractivity contribution in [1.82, 2.24) is 4.98 Å². The summed E-state index contributed by atoms with van der Waals surface area (Å²) >= 11 is 0. The van der Waals surface area contributed by atoms with Crippen LogP contribution in [0.5, 0.6) is 5.75 Å². The number of aromatic nitrogens is 1. The van der Waals surface area contributed by atoms with Gasteiger partial charge in [-0.1, -0.05) is 6.07 Å². The van der Waals surface area contributed by atoms with Crippen LogP contribution in [0.1, 0.15) is 45.2 Å². The normalized spacial score (nSPS) is 10.1. The number of carbonyl (C=O) groups is 3. The first kappa shape index (κ1) is 17.1. The van der Waals surface area contributed by atoms with Crippen LogP contribution < -0.4 is 10.1 Å². The molecule has 0 aliphatic rings. The second kappa shape index (κ2) is 7.36. The van der Waals surface area contributed by atoms with Crippen molar-refractivity contribution in [1.29, 1.82) is 0 Å². The lowest BCUT2D eigenvalue weighted by Crippen LogP contribution is -2.16. The van der Waals surface area contributed by atoms with Gasteiger partial charge in [-0.05, 0) is 44.2 Å². The van der Waals surface area contributed by atoms with Gasteiger partial charge in [0.05, 0.1) is 12.3 Å². The maximum atomic E-state index is 12.3. The number of carbonyl (C=O) groups excluding carboxylic acids is 2. The molecule has 7 nitrogen and oxygen atoms in total. The summed E-state index contributed by atoms with van der Waals surface area (Å²) in [5.74, 6) is -1.57. The number of pyridine rings is 1. The second-order valence-electron chi connectivity index (χ2n) is 4.87. The maximum absolute atomic E-state index is 12.3. The zero-order valence-electron chi connectivity index (χ0n) is 13.2. The molecule has 0 saturated heterocycles. The lowest BCUT2D eigenvalue weighted by atomic mass is 10.1. The summed E-state index contributed by atoms with van der Waals surface area (Å²) in [7, 11) is 0. The van der Waals surface area contributed by atoms with E-state index in [-0.39, 0.29) is 17.2 Å². The van der Waals surface area contributed by atoms with Crippen LogP contribution in [-0.2, 0) is 0 Å². The Labute approximate surface area is 138 Å². The van der Waals surface area contributed by atoms with E-state index in [4.69, 9.17) is 9.84 Å². The Morgan fingerprint density at radius 2 is 1.88 bits per heavy atom.